The van der Waals surface area contributed by atoms with Gasteiger partial charge in [0.05, 0.1) is 12.2 Å². The second-order valence-electron chi connectivity index (χ2n) is 8.87. The molecule has 182 valence electrons. The van der Waals surface area contributed by atoms with Crippen LogP contribution in [0, 0.1) is 16.7 Å². The van der Waals surface area contributed by atoms with Gasteiger partial charge in [0.1, 0.15) is 0 Å². The first kappa shape index (κ1) is 24.3. The van der Waals surface area contributed by atoms with E-state index in [2.05, 4.69) is 49.3 Å². The maximum atomic E-state index is 11.3. The summed E-state index contributed by atoms with van der Waals surface area (Å²) in [6.45, 7) is 1.85. The maximum absolute atomic E-state index is 11.3. The number of rotatable bonds is 2. The van der Waals surface area contributed by atoms with Gasteiger partial charge in [-0.15, -0.1) is 0 Å². The van der Waals surface area contributed by atoms with E-state index in [9.17, 15) is 10.5 Å². The highest BCUT2D eigenvalue weighted by molar-refractivity contribution is 9.10. The number of nitrogens with one attached hydrogen (secondary N) is 1. The molecule has 9 heteroatoms. The lowest BCUT2D eigenvalue weighted by atomic mass is 9.88. The molecule has 0 spiro atoms. The van der Waals surface area contributed by atoms with E-state index in [1.807, 2.05) is 18.5 Å². The average molecular weight is 564 g/mol. The number of piperidine rings is 1. The molecule has 1 aliphatic heterocycles. The summed E-state index contributed by atoms with van der Waals surface area (Å²) in [5, 5.41) is 24.1. The molecule has 0 radical (unpaired) electrons. The Kier molecular flexibility index (Phi) is 7.21. The fraction of sp³-hybridized carbons (Fsp3) is 0.259. The molecular formula is C27H24BrClN6O. The number of aromatic nitrogens is 2. The minimum Gasteiger partial charge on any atom is -0.619 e. The van der Waals surface area contributed by atoms with Crippen LogP contribution < -0.4 is 10.0 Å². The maximum Gasteiger partial charge on any atom is 0.207 e. The van der Waals surface area contributed by atoms with Gasteiger partial charge in [0.15, 0.2) is 18.6 Å². The molecule has 0 amide bonds. The third-order valence-electron chi connectivity index (χ3n) is 6.64. The topological polar surface area (TPSA) is 91.2 Å². The molecule has 3 aromatic rings. The van der Waals surface area contributed by atoms with E-state index in [1.54, 1.807) is 12.1 Å². The molecule has 1 saturated heterocycles. The predicted octanol–water partition coefficient (Wildman–Crippen LogP) is 4.75. The molecule has 2 aromatic heterocycles. The van der Waals surface area contributed by atoms with Gasteiger partial charge in [-0.05, 0) is 82.1 Å². The number of nitrogens with zero attached hydrogens (tertiary/aromatic N) is 5. The molecule has 0 atom stereocenters. The number of guanidine groups is 1. The van der Waals surface area contributed by atoms with E-state index in [0.717, 1.165) is 64.3 Å². The number of pyridine rings is 2. The third-order valence-corrected chi connectivity index (χ3v) is 7.31. The molecule has 7 nitrogen and oxygen atoms in total. The molecule has 1 aromatic carbocycles. The number of aryl methyl sites for hydroxylation is 2. The second-order valence-corrected chi connectivity index (χ2v) is 10.2. The van der Waals surface area contributed by atoms with Crippen molar-refractivity contribution in [3.63, 3.8) is 0 Å². The molecule has 1 fully saturated rings. The zero-order chi connectivity index (χ0) is 25.1. The van der Waals surface area contributed by atoms with Crippen molar-refractivity contribution in [1.82, 2.24) is 15.2 Å². The van der Waals surface area contributed by atoms with E-state index < -0.39 is 0 Å². The summed E-state index contributed by atoms with van der Waals surface area (Å²) in [4.78, 5) is 11.6. The summed E-state index contributed by atoms with van der Waals surface area (Å²) in [6, 6.07) is 11.8. The lowest BCUT2D eigenvalue weighted by Crippen LogP contribution is -2.43. The highest BCUT2D eigenvalue weighted by atomic mass is 79.9. The van der Waals surface area contributed by atoms with Gasteiger partial charge in [0.2, 0.25) is 5.96 Å². The highest BCUT2D eigenvalue weighted by Gasteiger charge is 2.26. The van der Waals surface area contributed by atoms with Crippen LogP contribution in [0.3, 0.4) is 0 Å². The first-order valence-electron chi connectivity index (χ1n) is 11.8. The van der Waals surface area contributed by atoms with Gasteiger partial charge in [-0.1, -0.05) is 23.2 Å². The van der Waals surface area contributed by atoms with Crippen LogP contribution in [0.5, 0.6) is 0 Å². The molecule has 2 aliphatic rings. The van der Waals surface area contributed by atoms with Crippen LogP contribution in [0.25, 0.3) is 5.57 Å². The number of hydrogen-bond donors (Lipinski definition) is 1. The predicted molar refractivity (Wildman–Crippen MR) is 143 cm³/mol. The van der Waals surface area contributed by atoms with Gasteiger partial charge < -0.3 is 10.1 Å². The van der Waals surface area contributed by atoms with Crippen molar-refractivity contribution < 1.29 is 4.73 Å². The lowest BCUT2D eigenvalue weighted by Gasteiger charge is -2.32. The number of nitriles is 1. The Morgan fingerprint density at radius 1 is 1.14 bits per heavy atom. The molecule has 5 rings (SSSR count). The van der Waals surface area contributed by atoms with E-state index >= 15 is 0 Å². The Hall–Kier alpha value is -3.41. The van der Waals surface area contributed by atoms with Crippen LogP contribution >= 0.6 is 27.5 Å². The number of likely N-dealkylation sites (tertiary alicyclic amines) is 1. The Balaban J connectivity index is 1.44. The van der Waals surface area contributed by atoms with Crippen LogP contribution in [0.2, 0.25) is 5.02 Å². The zero-order valence-electron chi connectivity index (χ0n) is 19.5. The number of fused-ring (bicyclic) bond motifs is 2. The minimum absolute atomic E-state index is 0.385. The van der Waals surface area contributed by atoms with Crippen LogP contribution in [0.15, 0.2) is 70.0 Å². The number of benzene rings is 1. The summed E-state index contributed by atoms with van der Waals surface area (Å²) in [5.41, 5.74) is 8.21. The van der Waals surface area contributed by atoms with Crippen LogP contribution in [0.4, 0.5) is 0 Å². The Labute approximate surface area is 223 Å². The molecule has 1 aliphatic carbocycles. The fourth-order valence-corrected chi connectivity index (χ4v) is 5.46. The van der Waals surface area contributed by atoms with Gasteiger partial charge >= 0.3 is 0 Å². The van der Waals surface area contributed by atoms with Crippen LogP contribution in [-0.4, -0.2) is 28.9 Å². The summed E-state index contributed by atoms with van der Waals surface area (Å²) >= 11 is 9.94. The van der Waals surface area contributed by atoms with Crippen molar-refractivity contribution >= 4 is 39.1 Å². The lowest BCUT2D eigenvalue weighted by molar-refractivity contribution is -0.605. The smallest absolute Gasteiger partial charge is 0.207 e. The zero-order valence-corrected chi connectivity index (χ0v) is 21.9. The van der Waals surface area contributed by atoms with Crippen molar-refractivity contribution in [3.8, 4) is 6.19 Å². The molecular weight excluding hydrogens is 540 g/mol. The summed E-state index contributed by atoms with van der Waals surface area (Å²) in [5.74, 6) is 0.552. The van der Waals surface area contributed by atoms with Gasteiger partial charge in [0, 0.05) is 46.5 Å². The van der Waals surface area contributed by atoms with Gasteiger partial charge in [-0.25, -0.2) is 4.99 Å². The molecule has 0 unspecified atom stereocenters. The number of halogens is 2. The van der Waals surface area contributed by atoms with Crippen LogP contribution in [0.1, 0.15) is 40.8 Å². The molecule has 0 saturated carbocycles. The standard InChI is InChI=1S/C27H24BrClN6O/c28-22-13-21-2-1-20-14-23(29)3-4-24(20)25(26(21)31-16-22)19-7-9-34(10-8-19)27(33-17-30)32-15-18-5-11-35(36)12-6-18/h3-6,11-14,16H,1-2,7-10,15H2,(H,32,33). The van der Waals surface area contributed by atoms with E-state index in [1.165, 1.54) is 40.2 Å². The fourth-order valence-electron chi connectivity index (χ4n) is 4.89. The van der Waals surface area contributed by atoms with Crippen molar-refractivity contribution in [2.75, 3.05) is 13.1 Å². The monoisotopic (exact) mass is 562 g/mol. The normalized spacial score (nSPS) is 15.6. The summed E-state index contributed by atoms with van der Waals surface area (Å²) in [6.07, 6.45) is 10.3. The first-order chi connectivity index (χ1) is 17.5. The highest BCUT2D eigenvalue weighted by Crippen LogP contribution is 2.39. The van der Waals surface area contributed by atoms with E-state index in [4.69, 9.17) is 16.6 Å². The molecule has 36 heavy (non-hydrogen) atoms. The average Bonchev–Trinajstić information content (AvgIpc) is 3.04. The van der Waals surface area contributed by atoms with Crippen molar-refractivity contribution in [3.05, 3.63) is 103 Å². The molecule has 3 heterocycles. The Morgan fingerprint density at radius 3 is 2.64 bits per heavy atom. The quantitative estimate of drug-likeness (QED) is 0.121. The van der Waals surface area contributed by atoms with Gasteiger partial charge in [0.25, 0.3) is 0 Å². The first-order valence-corrected chi connectivity index (χ1v) is 13.0. The number of hydrogen-bond acceptors (Lipinski definition) is 4. The number of aliphatic imine (C=N–C) groups is 1. The van der Waals surface area contributed by atoms with E-state index in [-0.39, 0.29) is 0 Å². The Bertz CT molecular complexity index is 1330. The van der Waals surface area contributed by atoms with Crippen molar-refractivity contribution in [2.45, 2.75) is 32.2 Å². The second kappa shape index (κ2) is 10.7. The molecule has 1 N–H and O–H groups in total. The minimum atomic E-state index is 0.385. The van der Waals surface area contributed by atoms with Crippen molar-refractivity contribution in [1.29, 1.82) is 5.26 Å². The van der Waals surface area contributed by atoms with Gasteiger partial charge in [-0.2, -0.15) is 9.99 Å². The largest absolute Gasteiger partial charge is 0.619 e. The van der Waals surface area contributed by atoms with E-state index in [0.29, 0.717) is 12.5 Å². The summed E-state index contributed by atoms with van der Waals surface area (Å²) in [7, 11) is 0. The SMILES string of the molecule is N#CNC(=NCc1cc[n+]([O-])cc1)N1CCC(=C2c3ccc(Cl)cc3CCc3cc(Br)cnc32)CC1. The third kappa shape index (κ3) is 5.23. The Morgan fingerprint density at radius 2 is 1.89 bits per heavy atom. The summed E-state index contributed by atoms with van der Waals surface area (Å²) < 4.78 is 1.73. The molecule has 0 bridgehead atoms. The van der Waals surface area contributed by atoms with Gasteiger partial charge in [-0.3, -0.25) is 10.3 Å². The van der Waals surface area contributed by atoms with Crippen LogP contribution in [-0.2, 0) is 19.4 Å². The van der Waals surface area contributed by atoms with Crippen molar-refractivity contribution in [2.24, 2.45) is 4.99 Å².